The summed E-state index contributed by atoms with van der Waals surface area (Å²) in [6.45, 7) is 2.44. The van der Waals surface area contributed by atoms with Crippen LogP contribution < -0.4 is 11.1 Å². The summed E-state index contributed by atoms with van der Waals surface area (Å²) in [7, 11) is 0. The van der Waals surface area contributed by atoms with Crippen LogP contribution in [0.1, 0.15) is 11.3 Å². The van der Waals surface area contributed by atoms with Gasteiger partial charge in [-0.25, -0.2) is 9.50 Å². The monoisotopic (exact) mass is 331 g/mol. The van der Waals surface area contributed by atoms with Gasteiger partial charge in [0.05, 0.1) is 5.69 Å². The third-order valence-electron chi connectivity index (χ3n) is 3.09. The molecule has 102 valence electrons. The lowest BCUT2D eigenvalue weighted by Crippen LogP contribution is -2.00. The highest BCUT2D eigenvalue weighted by atomic mass is 79.9. The first-order chi connectivity index (χ1) is 9.69. The number of nitrogens with one attached hydrogen (secondary N) is 1. The number of imidazole rings is 1. The third-order valence-corrected chi connectivity index (χ3v) is 3.88. The highest BCUT2D eigenvalue weighted by Crippen LogP contribution is 2.22. The van der Waals surface area contributed by atoms with Gasteiger partial charge in [0, 0.05) is 12.2 Å². The fourth-order valence-corrected chi connectivity index (χ4v) is 2.51. The van der Waals surface area contributed by atoms with Crippen molar-refractivity contribution in [3.05, 3.63) is 52.3 Å². The minimum atomic E-state index is 0.379. The second kappa shape index (κ2) is 5.22. The topological polar surface area (TPSA) is 68.2 Å². The summed E-state index contributed by atoms with van der Waals surface area (Å²) in [6, 6.07) is 11.9. The molecular formula is C14H14BrN5. The number of fused-ring (bicyclic) bond motifs is 1. The van der Waals surface area contributed by atoms with E-state index >= 15 is 0 Å². The van der Waals surface area contributed by atoms with E-state index in [1.807, 2.05) is 30.3 Å². The molecule has 0 atom stereocenters. The lowest BCUT2D eigenvalue weighted by atomic mass is 10.2. The second-order valence-electron chi connectivity index (χ2n) is 4.48. The van der Waals surface area contributed by atoms with E-state index in [1.165, 1.54) is 5.56 Å². The highest BCUT2D eigenvalue weighted by molar-refractivity contribution is 9.10. The van der Waals surface area contributed by atoms with E-state index in [0.29, 0.717) is 6.54 Å². The SMILES string of the molecule is Cc1ccccc1Nc1ccc2nc(CN)c(Br)n2n1. The Bertz CT molecular complexity index is 765. The van der Waals surface area contributed by atoms with Crippen LogP contribution in [0.4, 0.5) is 11.5 Å². The minimum absolute atomic E-state index is 0.379. The number of hydrogen-bond acceptors (Lipinski definition) is 4. The number of aryl methyl sites for hydroxylation is 1. The molecule has 3 aromatic rings. The van der Waals surface area contributed by atoms with Crippen LogP contribution in [0.5, 0.6) is 0 Å². The molecule has 0 amide bonds. The molecule has 2 heterocycles. The number of para-hydroxylation sites is 1. The number of halogens is 1. The summed E-state index contributed by atoms with van der Waals surface area (Å²) in [5, 5.41) is 7.83. The largest absolute Gasteiger partial charge is 0.339 e. The maximum atomic E-state index is 5.65. The molecular weight excluding hydrogens is 318 g/mol. The van der Waals surface area contributed by atoms with Gasteiger partial charge in [-0.15, -0.1) is 5.10 Å². The van der Waals surface area contributed by atoms with Gasteiger partial charge >= 0.3 is 0 Å². The Morgan fingerprint density at radius 2 is 2.05 bits per heavy atom. The molecule has 3 rings (SSSR count). The van der Waals surface area contributed by atoms with E-state index in [-0.39, 0.29) is 0 Å². The summed E-state index contributed by atoms with van der Waals surface area (Å²) < 4.78 is 2.53. The van der Waals surface area contributed by atoms with Gasteiger partial charge in [0.25, 0.3) is 0 Å². The molecule has 0 aliphatic carbocycles. The van der Waals surface area contributed by atoms with Crippen LogP contribution in [0, 0.1) is 6.92 Å². The average Bonchev–Trinajstić information content (AvgIpc) is 2.78. The van der Waals surface area contributed by atoms with Crippen LogP contribution in [0.2, 0.25) is 0 Å². The predicted molar refractivity (Wildman–Crippen MR) is 83.0 cm³/mol. The smallest absolute Gasteiger partial charge is 0.155 e. The summed E-state index contributed by atoms with van der Waals surface area (Å²) in [4.78, 5) is 4.40. The number of nitrogens with two attached hydrogens (primary N) is 1. The van der Waals surface area contributed by atoms with Crippen LogP contribution in [0.3, 0.4) is 0 Å². The van der Waals surface area contributed by atoms with Crippen molar-refractivity contribution in [2.24, 2.45) is 5.73 Å². The molecule has 2 aromatic heterocycles. The molecule has 1 aromatic carbocycles. The van der Waals surface area contributed by atoms with E-state index in [0.717, 1.165) is 27.4 Å². The lowest BCUT2D eigenvalue weighted by molar-refractivity contribution is 0.908. The summed E-state index contributed by atoms with van der Waals surface area (Å²) in [6.07, 6.45) is 0. The maximum absolute atomic E-state index is 5.65. The number of anilines is 2. The van der Waals surface area contributed by atoms with Crippen molar-refractivity contribution in [3.63, 3.8) is 0 Å². The molecule has 3 N–H and O–H groups in total. The van der Waals surface area contributed by atoms with E-state index in [2.05, 4.69) is 44.3 Å². The van der Waals surface area contributed by atoms with Crippen molar-refractivity contribution in [1.82, 2.24) is 14.6 Å². The normalized spacial score (nSPS) is 10.9. The lowest BCUT2D eigenvalue weighted by Gasteiger charge is -2.08. The summed E-state index contributed by atoms with van der Waals surface area (Å²) in [5.74, 6) is 0.758. The number of rotatable bonds is 3. The van der Waals surface area contributed by atoms with Gasteiger partial charge in [0.15, 0.2) is 11.5 Å². The van der Waals surface area contributed by atoms with Crippen LogP contribution in [-0.2, 0) is 6.54 Å². The first-order valence-corrected chi connectivity index (χ1v) is 7.05. The first-order valence-electron chi connectivity index (χ1n) is 6.26. The molecule has 20 heavy (non-hydrogen) atoms. The fourth-order valence-electron chi connectivity index (χ4n) is 2.00. The molecule has 0 bridgehead atoms. The molecule has 0 aliphatic rings. The Morgan fingerprint density at radius 3 is 2.80 bits per heavy atom. The van der Waals surface area contributed by atoms with Crippen molar-refractivity contribution in [2.45, 2.75) is 13.5 Å². The van der Waals surface area contributed by atoms with E-state index < -0.39 is 0 Å². The third kappa shape index (κ3) is 2.28. The Hall–Kier alpha value is -1.92. The first kappa shape index (κ1) is 13.1. The maximum Gasteiger partial charge on any atom is 0.155 e. The number of aromatic nitrogens is 3. The Morgan fingerprint density at radius 1 is 1.25 bits per heavy atom. The van der Waals surface area contributed by atoms with Crippen molar-refractivity contribution in [2.75, 3.05) is 5.32 Å². The Labute approximate surface area is 125 Å². The van der Waals surface area contributed by atoms with Gasteiger partial charge in [0.1, 0.15) is 4.60 Å². The quantitative estimate of drug-likeness (QED) is 0.774. The van der Waals surface area contributed by atoms with E-state index in [4.69, 9.17) is 5.73 Å². The summed E-state index contributed by atoms with van der Waals surface area (Å²) >= 11 is 3.48. The molecule has 0 saturated carbocycles. The van der Waals surface area contributed by atoms with Gasteiger partial charge in [-0.05, 0) is 46.6 Å². The van der Waals surface area contributed by atoms with Gasteiger partial charge in [-0.3, -0.25) is 0 Å². The standard InChI is InChI=1S/C14H14BrN5/c1-9-4-2-3-5-10(9)17-12-6-7-13-18-11(8-16)14(15)20(13)19-12/h2-7H,8,16H2,1H3,(H,17,19). The van der Waals surface area contributed by atoms with Crippen molar-refractivity contribution in [3.8, 4) is 0 Å². The molecule has 0 aliphatic heterocycles. The van der Waals surface area contributed by atoms with Crippen LogP contribution in [0.25, 0.3) is 5.65 Å². The van der Waals surface area contributed by atoms with Gasteiger partial charge in [-0.1, -0.05) is 18.2 Å². The highest BCUT2D eigenvalue weighted by Gasteiger charge is 2.10. The van der Waals surface area contributed by atoms with Gasteiger partial charge in [0.2, 0.25) is 0 Å². The zero-order valence-electron chi connectivity index (χ0n) is 11.0. The van der Waals surface area contributed by atoms with E-state index in [9.17, 15) is 0 Å². The van der Waals surface area contributed by atoms with Crippen LogP contribution >= 0.6 is 15.9 Å². The van der Waals surface area contributed by atoms with Gasteiger partial charge < -0.3 is 11.1 Å². The van der Waals surface area contributed by atoms with Crippen molar-refractivity contribution >= 4 is 33.1 Å². The number of benzene rings is 1. The zero-order chi connectivity index (χ0) is 14.1. The minimum Gasteiger partial charge on any atom is -0.339 e. The molecule has 0 spiro atoms. The molecule has 5 nitrogen and oxygen atoms in total. The Balaban J connectivity index is 2.01. The van der Waals surface area contributed by atoms with Crippen molar-refractivity contribution in [1.29, 1.82) is 0 Å². The second-order valence-corrected chi connectivity index (χ2v) is 5.23. The molecule has 0 radical (unpaired) electrons. The van der Waals surface area contributed by atoms with Crippen molar-refractivity contribution < 1.29 is 0 Å². The number of hydrogen-bond donors (Lipinski definition) is 2. The summed E-state index contributed by atoms with van der Waals surface area (Å²) in [5.41, 5.74) is 9.42. The molecule has 0 fully saturated rings. The Kier molecular flexibility index (Phi) is 3.42. The van der Waals surface area contributed by atoms with Crippen LogP contribution in [-0.4, -0.2) is 14.6 Å². The fraction of sp³-hybridized carbons (Fsp3) is 0.143. The molecule has 0 saturated heterocycles. The molecule has 0 unspecified atom stereocenters. The zero-order valence-corrected chi connectivity index (χ0v) is 12.6. The van der Waals surface area contributed by atoms with E-state index in [1.54, 1.807) is 4.52 Å². The molecule has 6 heteroatoms. The predicted octanol–water partition coefficient (Wildman–Crippen LogP) is 3.00. The average molecular weight is 332 g/mol. The van der Waals surface area contributed by atoms with Crippen LogP contribution in [0.15, 0.2) is 41.0 Å². The van der Waals surface area contributed by atoms with Gasteiger partial charge in [-0.2, -0.15) is 0 Å². The number of nitrogens with zero attached hydrogens (tertiary/aromatic N) is 3.